The van der Waals surface area contributed by atoms with E-state index in [1.807, 2.05) is 13.8 Å². The molecule has 1 aliphatic carbocycles. The van der Waals surface area contributed by atoms with Gasteiger partial charge in [-0.25, -0.2) is 9.37 Å². The highest BCUT2D eigenvalue weighted by molar-refractivity contribution is 7.99. The Bertz CT molecular complexity index is 1170. The number of thioether (sulfide) groups is 1. The largest absolute Gasteiger partial charge is 0.353 e. The fourth-order valence-corrected chi connectivity index (χ4v) is 6.14. The topological polar surface area (TPSA) is 64.0 Å². The molecule has 5 nitrogen and oxygen atoms in total. The van der Waals surface area contributed by atoms with Crippen LogP contribution in [0.3, 0.4) is 0 Å². The van der Waals surface area contributed by atoms with Gasteiger partial charge < -0.3 is 5.32 Å². The van der Waals surface area contributed by atoms with Crippen LogP contribution in [0.15, 0.2) is 34.2 Å². The molecular weight excluding hydrogens is 433 g/mol. The van der Waals surface area contributed by atoms with Gasteiger partial charge in [0.2, 0.25) is 5.91 Å². The molecule has 1 aromatic carbocycles. The minimum absolute atomic E-state index is 0.112. The van der Waals surface area contributed by atoms with Gasteiger partial charge in [0.15, 0.2) is 5.16 Å². The van der Waals surface area contributed by atoms with Crippen LogP contribution in [-0.2, 0) is 17.6 Å². The first-order valence-electron chi connectivity index (χ1n) is 10.8. The van der Waals surface area contributed by atoms with E-state index in [1.165, 1.54) is 27.3 Å². The monoisotopic (exact) mass is 459 g/mol. The number of carbonyl (C=O) groups excluding carboxylic acids is 1. The average Bonchev–Trinajstić information content (AvgIpc) is 3.15. The number of nitrogens with zero attached hydrogens (tertiary/aromatic N) is 2. The molecule has 0 aliphatic heterocycles. The van der Waals surface area contributed by atoms with Gasteiger partial charge >= 0.3 is 0 Å². The highest BCUT2D eigenvalue weighted by atomic mass is 32.2. The summed E-state index contributed by atoms with van der Waals surface area (Å²) in [6, 6.07) is 6.34. The fourth-order valence-electron chi connectivity index (χ4n) is 4.02. The molecule has 0 saturated heterocycles. The van der Waals surface area contributed by atoms with Crippen molar-refractivity contribution >= 4 is 39.2 Å². The van der Waals surface area contributed by atoms with Gasteiger partial charge in [-0.1, -0.05) is 37.7 Å². The van der Waals surface area contributed by atoms with Crippen LogP contribution in [0.5, 0.6) is 0 Å². The maximum atomic E-state index is 14.7. The standard InChI is InChI=1S/C23H26FN3O2S2/c1-3-14(4-2)25-19(28)13-30-23-26-21-20(15-9-5-8-12-18(15)31-21)22(29)27(23)17-11-7-6-10-16(17)24/h6-7,10-11,14H,3-5,8-9,12-13H2,1-2H3,(H,25,28). The Labute approximate surface area is 189 Å². The fraction of sp³-hybridized carbons (Fsp3) is 0.435. The minimum atomic E-state index is -0.488. The van der Waals surface area contributed by atoms with Crippen molar-refractivity contribution < 1.29 is 9.18 Å². The molecule has 0 saturated carbocycles. The van der Waals surface area contributed by atoms with Crippen molar-refractivity contribution in [1.82, 2.24) is 14.9 Å². The summed E-state index contributed by atoms with van der Waals surface area (Å²) < 4.78 is 16.0. The molecule has 1 aliphatic rings. The maximum absolute atomic E-state index is 14.7. The summed E-state index contributed by atoms with van der Waals surface area (Å²) in [5, 5.41) is 3.96. The Morgan fingerprint density at radius 2 is 2.00 bits per heavy atom. The quantitative estimate of drug-likeness (QED) is 0.405. The summed E-state index contributed by atoms with van der Waals surface area (Å²) in [5.74, 6) is -0.481. The van der Waals surface area contributed by atoms with Gasteiger partial charge in [-0.2, -0.15) is 0 Å². The summed E-state index contributed by atoms with van der Waals surface area (Å²) >= 11 is 2.73. The third-order valence-corrected chi connectivity index (χ3v) is 7.86. The smallest absolute Gasteiger partial charge is 0.267 e. The first kappa shape index (κ1) is 22.0. The van der Waals surface area contributed by atoms with Crippen molar-refractivity contribution in [2.75, 3.05) is 5.75 Å². The van der Waals surface area contributed by atoms with Gasteiger partial charge in [-0.3, -0.25) is 14.2 Å². The van der Waals surface area contributed by atoms with Crippen LogP contribution >= 0.6 is 23.1 Å². The number of fused-ring (bicyclic) bond motifs is 3. The van der Waals surface area contributed by atoms with Crippen LogP contribution in [0.1, 0.15) is 50.0 Å². The van der Waals surface area contributed by atoms with E-state index in [2.05, 4.69) is 5.32 Å². The molecule has 1 amide bonds. The van der Waals surface area contributed by atoms with E-state index < -0.39 is 5.82 Å². The van der Waals surface area contributed by atoms with Crippen molar-refractivity contribution in [3.63, 3.8) is 0 Å². The molecule has 8 heteroatoms. The van der Waals surface area contributed by atoms with Crippen molar-refractivity contribution in [3.8, 4) is 5.69 Å². The highest BCUT2D eigenvalue weighted by Gasteiger charge is 2.24. The molecule has 31 heavy (non-hydrogen) atoms. The number of para-hydroxylation sites is 1. The second-order valence-corrected chi connectivity index (χ2v) is 9.77. The van der Waals surface area contributed by atoms with Gasteiger partial charge in [0.1, 0.15) is 10.6 Å². The first-order chi connectivity index (χ1) is 15.0. The van der Waals surface area contributed by atoms with E-state index in [1.54, 1.807) is 29.5 Å². The molecular formula is C23H26FN3O2S2. The second kappa shape index (κ2) is 9.53. The lowest BCUT2D eigenvalue weighted by atomic mass is 9.97. The Morgan fingerprint density at radius 3 is 2.74 bits per heavy atom. The summed E-state index contributed by atoms with van der Waals surface area (Å²) in [6.07, 6.45) is 5.68. The minimum Gasteiger partial charge on any atom is -0.353 e. The highest BCUT2D eigenvalue weighted by Crippen LogP contribution is 2.35. The third-order valence-electron chi connectivity index (χ3n) is 5.73. The zero-order valence-corrected chi connectivity index (χ0v) is 19.4. The zero-order valence-electron chi connectivity index (χ0n) is 17.7. The van der Waals surface area contributed by atoms with Gasteiger partial charge in [0.25, 0.3) is 5.56 Å². The van der Waals surface area contributed by atoms with E-state index in [0.29, 0.717) is 15.4 Å². The van der Waals surface area contributed by atoms with Crippen molar-refractivity contribution in [1.29, 1.82) is 0 Å². The van der Waals surface area contributed by atoms with E-state index in [-0.39, 0.29) is 28.9 Å². The zero-order chi connectivity index (χ0) is 22.0. The van der Waals surface area contributed by atoms with Crippen LogP contribution in [0.2, 0.25) is 0 Å². The summed E-state index contributed by atoms with van der Waals surface area (Å²) in [5.41, 5.74) is 0.981. The average molecular weight is 460 g/mol. The molecule has 3 aromatic rings. The lowest BCUT2D eigenvalue weighted by Gasteiger charge is -2.16. The molecule has 0 unspecified atom stereocenters. The van der Waals surface area contributed by atoms with Crippen LogP contribution in [0, 0.1) is 5.82 Å². The van der Waals surface area contributed by atoms with Gasteiger partial charge in [0.05, 0.1) is 16.8 Å². The number of rotatable bonds is 7. The summed E-state index contributed by atoms with van der Waals surface area (Å²) in [6.45, 7) is 4.07. The number of benzene rings is 1. The molecule has 0 atom stereocenters. The normalized spacial score (nSPS) is 13.5. The molecule has 0 bridgehead atoms. The molecule has 0 fully saturated rings. The number of halogens is 1. The van der Waals surface area contributed by atoms with E-state index in [0.717, 1.165) is 44.1 Å². The summed E-state index contributed by atoms with van der Waals surface area (Å²) in [4.78, 5) is 32.7. The number of amides is 1. The van der Waals surface area contributed by atoms with E-state index in [4.69, 9.17) is 4.98 Å². The SMILES string of the molecule is CCC(CC)NC(=O)CSc1nc2sc3c(c2c(=O)n1-c1ccccc1F)CCCC3. The van der Waals surface area contributed by atoms with Crippen LogP contribution < -0.4 is 10.9 Å². The molecule has 164 valence electrons. The third kappa shape index (κ3) is 4.41. The van der Waals surface area contributed by atoms with Gasteiger partial charge in [0, 0.05) is 10.9 Å². The predicted octanol–water partition coefficient (Wildman–Crippen LogP) is 4.86. The molecule has 4 rings (SSSR count). The number of thiophene rings is 1. The van der Waals surface area contributed by atoms with Crippen molar-refractivity contribution in [3.05, 3.63) is 50.9 Å². The number of aromatic nitrogens is 2. The van der Waals surface area contributed by atoms with Crippen LogP contribution in [-0.4, -0.2) is 27.3 Å². The van der Waals surface area contributed by atoms with Crippen molar-refractivity contribution in [2.45, 2.75) is 63.6 Å². The molecule has 0 spiro atoms. The maximum Gasteiger partial charge on any atom is 0.267 e. The Kier molecular flexibility index (Phi) is 6.77. The Hall–Kier alpha value is -2.19. The van der Waals surface area contributed by atoms with Crippen LogP contribution in [0.4, 0.5) is 4.39 Å². The molecule has 1 N–H and O–H groups in total. The number of hydrogen-bond acceptors (Lipinski definition) is 5. The van der Waals surface area contributed by atoms with Gasteiger partial charge in [-0.05, 0) is 56.2 Å². The second-order valence-electron chi connectivity index (χ2n) is 7.75. The Balaban J connectivity index is 1.78. The number of aryl methyl sites for hydroxylation is 2. The first-order valence-corrected chi connectivity index (χ1v) is 12.6. The molecule has 2 aromatic heterocycles. The lowest BCUT2D eigenvalue weighted by molar-refractivity contribution is -0.119. The summed E-state index contributed by atoms with van der Waals surface area (Å²) in [7, 11) is 0. The molecule has 0 radical (unpaired) electrons. The van der Waals surface area contributed by atoms with E-state index >= 15 is 0 Å². The Morgan fingerprint density at radius 1 is 1.26 bits per heavy atom. The predicted molar refractivity (Wildman–Crippen MR) is 125 cm³/mol. The number of carbonyl (C=O) groups is 1. The van der Waals surface area contributed by atoms with E-state index in [9.17, 15) is 14.0 Å². The number of hydrogen-bond donors (Lipinski definition) is 1. The molecule has 2 heterocycles. The van der Waals surface area contributed by atoms with Gasteiger partial charge in [-0.15, -0.1) is 11.3 Å². The lowest BCUT2D eigenvalue weighted by Crippen LogP contribution is -2.35. The number of nitrogens with one attached hydrogen (secondary N) is 1. The van der Waals surface area contributed by atoms with Crippen LogP contribution in [0.25, 0.3) is 15.9 Å². The van der Waals surface area contributed by atoms with Crippen molar-refractivity contribution in [2.24, 2.45) is 0 Å².